The van der Waals surface area contributed by atoms with Gasteiger partial charge in [0.05, 0.1) is 0 Å². The molecule has 0 aromatic heterocycles. The number of aromatic hydroxyl groups is 1. The number of nitrogens with zero attached hydrogens (tertiary/aromatic N) is 1. The van der Waals surface area contributed by atoms with Crippen LogP contribution >= 0.6 is 0 Å². The monoisotopic (exact) mass is 362 g/mol. The molecule has 2 aliphatic heterocycles. The van der Waals surface area contributed by atoms with Crippen LogP contribution in [0.3, 0.4) is 0 Å². The predicted octanol–water partition coefficient (Wildman–Crippen LogP) is 1.45. The van der Waals surface area contributed by atoms with Crippen molar-refractivity contribution in [1.29, 1.82) is 0 Å². The van der Waals surface area contributed by atoms with Gasteiger partial charge in [-0.25, -0.2) is 0 Å². The van der Waals surface area contributed by atoms with Gasteiger partial charge in [0, 0.05) is 25.7 Å². The number of phenolic OH excluding ortho intramolecular Hbond substituents is 1. The van der Waals surface area contributed by atoms with Gasteiger partial charge in [-0.1, -0.05) is 0 Å². The summed E-state index contributed by atoms with van der Waals surface area (Å²) in [5.41, 5.74) is 0. The van der Waals surface area contributed by atoms with Gasteiger partial charge in [-0.15, -0.1) is 0 Å². The van der Waals surface area contributed by atoms with E-state index in [1.807, 2.05) is 4.90 Å². The molecule has 142 valence electrons. The van der Waals surface area contributed by atoms with Gasteiger partial charge in [0.1, 0.15) is 17.6 Å². The molecule has 26 heavy (non-hydrogen) atoms. The number of amides is 2. The number of ether oxygens (including phenoxy) is 2. The van der Waals surface area contributed by atoms with Gasteiger partial charge in [0.2, 0.25) is 0 Å². The Morgan fingerprint density at radius 3 is 2.54 bits per heavy atom. The van der Waals surface area contributed by atoms with Crippen LogP contribution < -0.4 is 10.1 Å². The molecule has 7 heteroatoms. The molecule has 2 aliphatic rings. The number of carbonyl (C=O) groups excluding carboxylic acids is 2. The lowest BCUT2D eigenvalue weighted by molar-refractivity contribution is -0.142. The number of phenols is 1. The zero-order valence-corrected chi connectivity index (χ0v) is 15.0. The van der Waals surface area contributed by atoms with Gasteiger partial charge >= 0.3 is 0 Å². The highest BCUT2D eigenvalue weighted by Gasteiger charge is 2.31. The fourth-order valence-electron chi connectivity index (χ4n) is 3.32. The smallest absolute Gasteiger partial charge is 0.260 e. The quantitative estimate of drug-likeness (QED) is 0.828. The SMILES string of the molecule is CC(Oc1ccc(O)cc1)C(=O)NC1CCN(C(=O)C2CCCO2)CC1. The predicted molar refractivity (Wildman–Crippen MR) is 94.9 cm³/mol. The van der Waals surface area contributed by atoms with Crippen LogP contribution in [-0.2, 0) is 14.3 Å². The molecular weight excluding hydrogens is 336 g/mol. The van der Waals surface area contributed by atoms with Crippen LogP contribution in [0.1, 0.15) is 32.6 Å². The van der Waals surface area contributed by atoms with E-state index in [4.69, 9.17) is 9.47 Å². The van der Waals surface area contributed by atoms with Crippen molar-refractivity contribution in [2.75, 3.05) is 19.7 Å². The number of rotatable bonds is 5. The molecule has 7 nitrogen and oxygen atoms in total. The zero-order valence-electron chi connectivity index (χ0n) is 15.0. The van der Waals surface area contributed by atoms with Gasteiger partial charge in [0.15, 0.2) is 6.10 Å². The van der Waals surface area contributed by atoms with E-state index in [9.17, 15) is 14.7 Å². The summed E-state index contributed by atoms with van der Waals surface area (Å²) in [5, 5.41) is 12.3. The van der Waals surface area contributed by atoms with E-state index in [1.54, 1.807) is 19.1 Å². The molecule has 2 N–H and O–H groups in total. The summed E-state index contributed by atoms with van der Waals surface area (Å²) in [6.45, 7) is 3.63. The van der Waals surface area contributed by atoms with Crippen LogP contribution in [0.15, 0.2) is 24.3 Å². The summed E-state index contributed by atoms with van der Waals surface area (Å²) in [4.78, 5) is 26.5. The average molecular weight is 362 g/mol. The molecule has 1 aromatic rings. The molecule has 0 radical (unpaired) electrons. The maximum Gasteiger partial charge on any atom is 0.260 e. The van der Waals surface area contributed by atoms with Crippen LogP contribution in [0.2, 0.25) is 0 Å². The average Bonchev–Trinajstić information content (AvgIpc) is 3.18. The van der Waals surface area contributed by atoms with E-state index in [0.29, 0.717) is 25.4 Å². The Morgan fingerprint density at radius 1 is 1.23 bits per heavy atom. The minimum Gasteiger partial charge on any atom is -0.508 e. The molecule has 1 aromatic carbocycles. The largest absolute Gasteiger partial charge is 0.508 e. The van der Waals surface area contributed by atoms with Crippen molar-refractivity contribution >= 4 is 11.8 Å². The molecule has 2 heterocycles. The summed E-state index contributed by atoms with van der Waals surface area (Å²) in [6, 6.07) is 6.31. The van der Waals surface area contributed by atoms with Crippen molar-refractivity contribution in [3.63, 3.8) is 0 Å². The topological polar surface area (TPSA) is 88.1 Å². The molecular formula is C19H26N2O5. The number of hydrogen-bond acceptors (Lipinski definition) is 5. The summed E-state index contributed by atoms with van der Waals surface area (Å²) >= 11 is 0. The number of benzene rings is 1. The van der Waals surface area contributed by atoms with Gasteiger partial charge in [-0.3, -0.25) is 9.59 Å². The van der Waals surface area contributed by atoms with Crippen LogP contribution in [0, 0.1) is 0 Å². The standard InChI is InChI=1S/C19H26N2O5/c1-13(26-16-6-4-15(22)5-7-16)18(23)20-14-8-10-21(11-9-14)19(24)17-3-2-12-25-17/h4-7,13-14,17,22H,2-3,8-12H2,1H3,(H,20,23). The normalized spacial score (nSPS) is 22.0. The summed E-state index contributed by atoms with van der Waals surface area (Å²) < 4.78 is 11.1. The van der Waals surface area contributed by atoms with Gasteiger partial charge < -0.3 is 24.8 Å². The van der Waals surface area contributed by atoms with Crippen molar-refractivity contribution in [3.8, 4) is 11.5 Å². The van der Waals surface area contributed by atoms with Gasteiger partial charge in [-0.05, 0) is 56.9 Å². The van der Waals surface area contributed by atoms with E-state index in [-0.39, 0.29) is 29.7 Å². The van der Waals surface area contributed by atoms with Crippen LogP contribution in [0.25, 0.3) is 0 Å². The highest BCUT2D eigenvalue weighted by atomic mass is 16.5. The lowest BCUT2D eigenvalue weighted by atomic mass is 10.0. The first-order chi connectivity index (χ1) is 12.5. The zero-order chi connectivity index (χ0) is 18.5. The number of carbonyl (C=O) groups is 2. The first kappa shape index (κ1) is 18.5. The minimum absolute atomic E-state index is 0.0434. The first-order valence-electron chi connectivity index (χ1n) is 9.19. The molecule has 2 unspecified atom stereocenters. The number of likely N-dealkylation sites (tertiary alicyclic amines) is 1. The second kappa shape index (κ2) is 8.40. The van der Waals surface area contributed by atoms with Crippen LogP contribution in [0.5, 0.6) is 11.5 Å². The molecule has 2 fully saturated rings. The Morgan fingerprint density at radius 2 is 1.92 bits per heavy atom. The van der Waals surface area contributed by atoms with E-state index < -0.39 is 6.10 Å². The lowest BCUT2D eigenvalue weighted by Crippen LogP contribution is -2.50. The third kappa shape index (κ3) is 4.66. The van der Waals surface area contributed by atoms with Crippen molar-refractivity contribution in [2.45, 2.75) is 50.9 Å². The molecule has 0 aliphatic carbocycles. The van der Waals surface area contributed by atoms with Crippen molar-refractivity contribution in [3.05, 3.63) is 24.3 Å². The van der Waals surface area contributed by atoms with Crippen LogP contribution in [-0.4, -0.2) is 59.8 Å². The number of hydrogen-bond donors (Lipinski definition) is 2. The molecule has 2 atom stereocenters. The maximum atomic E-state index is 12.3. The molecule has 0 bridgehead atoms. The second-order valence-electron chi connectivity index (χ2n) is 6.86. The third-order valence-electron chi connectivity index (χ3n) is 4.88. The Labute approximate surface area is 153 Å². The Balaban J connectivity index is 1.42. The number of piperidine rings is 1. The highest BCUT2D eigenvalue weighted by Crippen LogP contribution is 2.19. The first-order valence-corrected chi connectivity index (χ1v) is 9.19. The van der Waals surface area contributed by atoms with E-state index in [2.05, 4.69) is 5.32 Å². The molecule has 0 saturated carbocycles. The van der Waals surface area contributed by atoms with E-state index >= 15 is 0 Å². The minimum atomic E-state index is -0.633. The van der Waals surface area contributed by atoms with Gasteiger partial charge in [-0.2, -0.15) is 0 Å². The Bertz CT molecular complexity index is 619. The van der Waals surface area contributed by atoms with Gasteiger partial charge in [0.25, 0.3) is 11.8 Å². The fourth-order valence-corrected chi connectivity index (χ4v) is 3.32. The molecule has 2 amide bonds. The Kier molecular flexibility index (Phi) is 5.98. The molecule has 0 spiro atoms. The summed E-state index contributed by atoms with van der Waals surface area (Å²) in [7, 11) is 0. The van der Waals surface area contributed by atoms with Crippen molar-refractivity contribution in [2.24, 2.45) is 0 Å². The Hall–Kier alpha value is -2.28. The maximum absolute atomic E-state index is 12.3. The van der Waals surface area contributed by atoms with Crippen molar-refractivity contribution in [1.82, 2.24) is 10.2 Å². The second-order valence-corrected chi connectivity index (χ2v) is 6.86. The lowest BCUT2D eigenvalue weighted by Gasteiger charge is -2.34. The van der Waals surface area contributed by atoms with Crippen molar-refractivity contribution < 1.29 is 24.2 Å². The molecule has 2 saturated heterocycles. The highest BCUT2D eigenvalue weighted by molar-refractivity contribution is 5.82. The van der Waals surface area contributed by atoms with E-state index in [1.165, 1.54) is 12.1 Å². The fraction of sp³-hybridized carbons (Fsp3) is 0.579. The van der Waals surface area contributed by atoms with Crippen LogP contribution in [0.4, 0.5) is 0 Å². The molecule has 3 rings (SSSR count). The summed E-state index contributed by atoms with van der Waals surface area (Å²) in [6.07, 6.45) is 2.31. The summed E-state index contributed by atoms with van der Waals surface area (Å²) in [5.74, 6) is 0.583. The number of nitrogens with one attached hydrogen (secondary N) is 1. The third-order valence-corrected chi connectivity index (χ3v) is 4.88. The van der Waals surface area contributed by atoms with E-state index in [0.717, 1.165) is 25.7 Å².